The van der Waals surface area contributed by atoms with Crippen molar-refractivity contribution in [2.24, 2.45) is 5.92 Å². The Morgan fingerprint density at radius 1 is 1.41 bits per heavy atom. The molecule has 2 atom stereocenters. The number of benzene rings is 1. The summed E-state index contributed by atoms with van der Waals surface area (Å²) in [6.07, 6.45) is 2.24. The van der Waals surface area contributed by atoms with Crippen LogP contribution in [-0.4, -0.2) is 5.78 Å². The predicted molar refractivity (Wildman–Crippen MR) is 66.7 cm³/mol. The van der Waals surface area contributed by atoms with Crippen LogP contribution in [-0.2, 0) is 4.79 Å². The number of rotatable bonds is 1. The van der Waals surface area contributed by atoms with E-state index < -0.39 is 0 Å². The molecule has 0 bridgehead atoms. The fraction of sp³-hybridized carbons (Fsp3) is 0.357. The summed E-state index contributed by atoms with van der Waals surface area (Å²) in [6, 6.07) is 4.64. The average Bonchev–Trinajstić information content (AvgIpc) is 2.25. The molecule has 0 fully saturated rings. The van der Waals surface area contributed by atoms with Crippen molar-refractivity contribution in [3.63, 3.8) is 0 Å². The van der Waals surface area contributed by atoms with E-state index in [2.05, 4.69) is 0 Å². The highest BCUT2D eigenvalue weighted by Gasteiger charge is 2.30. The van der Waals surface area contributed by atoms with Crippen molar-refractivity contribution in [3.8, 4) is 0 Å². The Bertz CT molecular complexity index is 473. The van der Waals surface area contributed by atoms with Gasteiger partial charge in [0.2, 0.25) is 0 Å². The molecule has 0 amide bonds. The van der Waals surface area contributed by atoms with Crippen LogP contribution in [0.5, 0.6) is 0 Å². The van der Waals surface area contributed by atoms with Gasteiger partial charge < -0.3 is 0 Å². The molecule has 90 valence electrons. The molecule has 3 heteroatoms. The highest BCUT2D eigenvalue weighted by atomic mass is 35.5. The first-order chi connectivity index (χ1) is 8.00. The molecule has 2 rings (SSSR count). The van der Waals surface area contributed by atoms with Gasteiger partial charge in [0.05, 0.1) is 0 Å². The van der Waals surface area contributed by atoms with Crippen molar-refractivity contribution < 1.29 is 9.18 Å². The zero-order valence-corrected chi connectivity index (χ0v) is 10.6. The highest BCUT2D eigenvalue weighted by molar-refractivity contribution is 6.31. The van der Waals surface area contributed by atoms with Gasteiger partial charge in [-0.05, 0) is 30.5 Å². The Labute approximate surface area is 105 Å². The summed E-state index contributed by atoms with van der Waals surface area (Å²) in [5.41, 5.74) is 1.24. The van der Waals surface area contributed by atoms with E-state index >= 15 is 0 Å². The molecular formula is C14H14ClFO. The van der Waals surface area contributed by atoms with Crippen molar-refractivity contribution >= 4 is 17.4 Å². The van der Waals surface area contributed by atoms with Gasteiger partial charge in [-0.3, -0.25) is 4.79 Å². The molecule has 1 aromatic carbocycles. The van der Waals surface area contributed by atoms with Crippen LogP contribution in [0.4, 0.5) is 4.39 Å². The average molecular weight is 253 g/mol. The SMILES string of the molecule is CC1=C[C@H](C)[C@H](c2c(F)cccc2Cl)CC1=O. The molecule has 0 heterocycles. The largest absolute Gasteiger partial charge is 0.295 e. The van der Waals surface area contributed by atoms with Gasteiger partial charge in [-0.1, -0.05) is 30.7 Å². The van der Waals surface area contributed by atoms with Gasteiger partial charge >= 0.3 is 0 Å². The first-order valence-electron chi connectivity index (χ1n) is 5.66. The lowest BCUT2D eigenvalue weighted by atomic mass is 9.77. The molecule has 1 aromatic rings. The van der Waals surface area contributed by atoms with Crippen LogP contribution in [0.1, 0.15) is 31.7 Å². The van der Waals surface area contributed by atoms with Crippen LogP contribution in [0.25, 0.3) is 0 Å². The van der Waals surface area contributed by atoms with Gasteiger partial charge in [0.15, 0.2) is 5.78 Å². The van der Waals surface area contributed by atoms with Crippen LogP contribution in [0, 0.1) is 11.7 Å². The second-order valence-corrected chi connectivity index (χ2v) is 4.99. The second-order valence-electron chi connectivity index (χ2n) is 4.58. The zero-order chi connectivity index (χ0) is 12.6. The van der Waals surface area contributed by atoms with Crippen molar-refractivity contribution in [2.45, 2.75) is 26.2 Å². The summed E-state index contributed by atoms with van der Waals surface area (Å²) in [5.74, 6) is -0.274. The number of hydrogen-bond donors (Lipinski definition) is 0. The molecule has 1 aliphatic carbocycles. The van der Waals surface area contributed by atoms with Crippen LogP contribution >= 0.6 is 11.6 Å². The van der Waals surface area contributed by atoms with E-state index in [1.165, 1.54) is 6.07 Å². The topological polar surface area (TPSA) is 17.1 Å². The number of hydrogen-bond acceptors (Lipinski definition) is 1. The molecule has 17 heavy (non-hydrogen) atoms. The van der Waals surface area contributed by atoms with Gasteiger partial charge in [-0.2, -0.15) is 0 Å². The van der Waals surface area contributed by atoms with Gasteiger partial charge in [0, 0.05) is 22.9 Å². The number of carbonyl (C=O) groups is 1. The second kappa shape index (κ2) is 4.61. The lowest BCUT2D eigenvalue weighted by molar-refractivity contribution is -0.116. The molecule has 0 saturated heterocycles. The maximum atomic E-state index is 13.8. The molecule has 0 unspecified atom stereocenters. The number of Topliss-reactive ketones (excluding diaryl/α,β-unsaturated/α-hetero) is 1. The monoisotopic (exact) mass is 252 g/mol. The molecule has 1 aliphatic rings. The van der Waals surface area contributed by atoms with E-state index in [0.29, 0.717) is 17.0 Å². The maximum absolute atomic E-state index is 13.8. The standard InChI is InChI=1S/C14H14ClFO/c1-8-6-9(2)13(17)7-10(8)14-11(15)4-3-5-12(14)16/h3-6,8,10H,7H2,1-2H3/t8-,10+/m0/s1. The van der Waals surface area contributed by atoms with Crippen LogP contribution in [0.2, 0.25) is 5.02 Å². The van der Waals surface area contributed by atoms with E-state index in [4.69, 9.17) is 11.6 Å². The first kappa shape index (κ1) is 12.3. The smallest absolute Gasteiger partial charge is 0.158 e. The molecule has 1 nitrogen and oxygen atoms in total. The minimum Gasteiger partial charge on any atom is -0.295 e. The lowest BCUT2D eigenvalue weighted by Crippen LogP contribution is -2.21. The van der Waals surface area contributed by atoms with Crippen molar-refractivity contribution in [3.05, 3.63) is 46.3 Å². The minimum atomic E-state index is -0.324. The number of allylic oxidation sites excluding steroid dienone is 2. The molecule has 0 saturated carbocycles. The summed E-state index contributed by atoms with van der Waals surface area (Å²) in [6.45, 7) is 3.79. The Kier molecular flexibility index (Phi) is 3.34. The highest BCUT2D eigenvalue weighted by Crippen LogP contribution is 2.39. The van der Waals surface area contributed by atoms with Crippen molar-refractivity contribution in [1.29, 1.82) is 0 Å². The van der Waals surface area contributed by atoms with E-state index in [-0.39, 0.29) is 23.4 Å². The molecular weight excluding hydrogens is 239 g/mol. The number of carbonyl (C=O) groups excluding carboxylic acids is 1. The summed E-state index contributed by atoms with van der Waals surface area (Å²) >= 11 is 6.04. The zero-order valence-electron chi connectivity index (χ0n) is 9.84. The van der Waals surface area contributed by atoms with E-state index in [0.717, 1.165) is 5.57 Å². The molecule has 0 aliphatic heterocycles. The van der Waals surface area contributed by atoms with Gasteiger partial charge in [0.25, 0.3) is 0 Å². The molecule has 0 radical (unpaired) electrons. The summed E-state index contributed by atoms with van der Waals surface area (Å²) < 4.78 is 13.8. The maximum Gasteiger partial charge on any atom is 0.158 e. The van der Waals surface area contributed by atoms with E-state index in [9.17, 15) is 9.18 Å². The van der Waals surface area contributed by atoms with Gasteiger partial charge in [-0.15, -0.1) is 0 Å². The van der Waals surface area contributed by atoms with Crippen molar-refractivity contribution in [1.82, 2.24) is 0 Å². The molecule has 0 aromatic heterocycles. The summed E-state index contributed by atoms with van der Waals surface area (Å²) in [4.78, 5) is 11.7. The molecule has 0 N–H and O–H groups in total. The first-order valence-corrected chi connectivity index (χ1v) is 6.04. The Morgan fingerprint density at radius 3 is 2.76 bits per heavy atom. The number of ketones is 1. The Hall–Kier alpha value is -1.15. The number of halogens is 2. The van der Waals surface area contributed by atoms with Crippen LogP contribution in [0.15, 0.2) is 29.8 Å². The van der Waals surface area contributed by atoms with E-state index in [1.54, 1.807) is 19.1 Å². The Balaban J connectivity index is 2.45. The molecule has 0 spiro atoms. The van der Waals surface area contributed by atoms with Gasteiger partial charge in [0.1, 0.15) is 5.82 Å². The predicted octanol–water partition coefficient (Wildman–Crippen LogP) is 4.12. The minimum absolute atomic E-state index is 0.0763. The fourth-order valence-electron chi connectivity index (χ4n) is 2.38. The summed E-state index contributed by atoms with van der Waals surface area (Å²) in [7, 11) is 0. The van der Waals surface area contributed by atoms with E-state index in [1.807, 2.05) is 13.0 Å². The van der Waals surface area contributed by atoms with Crippen LogP contribution in [0.3, 0.4) is 0 Å². The third kappa shape index (κ3) is 2.27. The van der Waals surface area contributed by atoms with Gasteiger partial charge in [-0.25, -0.2) is 4.39 Å². The van der Waals surface area contributed by atoms with Crippen molar-refractivity contribution in [2.75, 3.05) is 0 Å². The fourth-order valence-corrected chi connectivity index (χ4v) is 2.68. The Morgan fingerprint density at radius 2 is 2.12 bits per heavy atom. The third-order valence-electron chi connectivity index (χ3n) is 3.36. The van der Waals surface area contributed by atoms with Crippen LogP contribution < -0.4 is 0 Å². The third-order valence-corrected chi connectivity index (χ3v) is 3.69. The lowest BCUT2D eigenvalue weighted by Gasteiger charge is -2.27. The quantitative estimate of drug-likeness (QED) is 0.735. The summed E-state index contributed by atoms with van der Waals surface area (Å²) in [5, 5.41) is 0.405. The normalized spacial score (nSPS) is 24.7.